The van der Waals surface area contributed by atoms with Gasteiger partial charge < -0.3 is 10.1 Å². The molecule has 0 aliphatic heterocycles. The van der Waals surface area contributed by atoms with Gasteiger partial charge in [0.15, 0.2) is 0 Å². The van der Waals surface area contributed by atoms with Crippen LogP contribution in [0, 0.1) is 0 Å². The van der Waals surface area contributed by atoms with E-state index in [1.807, 2.05) is 24.3 Å². The molecule has 0 aliphatic carbocycles. The van der Waals surface area contributed by atoms with E-state index in [-0.39, 0.29) is 5.91 Å². The van der Waals surface area contributed by atoms with Crippen LogP contribution in [0.4, 0.5) is 0 Å². The Bertz CT molecular complexity index is 529. The third-order valence-corrected chi connectivity index (χ3v) is 2.45. The highest BCUT2D eigenvalue weighted by molar-refractivity contribution is 5.93. The first-order valence-electron chi connectivity index (χ1n) is 5.46. The van der Waals surface area contributed by atoms with Crippen molar-refractivity contribution < 1.29 is 9.53 Å². The van der Waals surface area contributed by atoms with Gasteiger partial charge >= 0.3 is 0 Å². The van der Waals surface area contributed by atoms with Crippen LogP contribution in [-0.2, 0) is 6.54 Å². The van der Waals surface area contributed by atoms with E-state index in [1.165, 1.54) is 18.7 Å². The van der Waals surface area contributed by atoms with Crippen LogP contribution in [0.1, 0.15) is 15.9 Å². The Hall–Kier alpha value is -2.43. The normalized spacial score (nSPS) is 9.83. The summed E-state index contributed by atoms with van der Waals surface area (Å²) in [6.07, 6.45) is 4.34. The van der Waals surface area contributed by atoms with Crippen LogP contribution in [0.5, 0.6) is 5.75 Å². The number of ether oxygens (including phenoxy) is 1. The molecule has 0 radical (unpaired) electrons. The zero-order valence-electron chi connectivity index (χ0n) is 9.96. The largest absolute Gasteiger partial charge is 0.496 e. The fourth-order valence-corrected chi connectivity index (χ4v) is 1.54. The summed E-state index contributed by atoms with van der Waals surface area (Å²) in [6, 6.07) is 7.54. The van der Waals surface area contributed by atoms with E-state index in [2.05, 4.69) is 15.3 Å². The van der Waals surface area contributed by atoms with Crippen molar-refractivity contribution in [1.29, 1.82) is 0 Å². The van der Waals surface area contributed by atoms with E-state index >= 15 is 0 Å². The van der Waals surface area contributed by atoms with Gasteiger partial charge in [0.1, 0.15) is 12.1 Å². The molecule has 0 spiro atoms. The number of para-hydroxylation sites is 1. The fourth-order valence-electron chi connectivity index (χ4n) is 1.54. The average molecular weight is 243 g/mol. The van der Waals surface area contributed by atoms with Crippen molar-refractivity contribution in [3.05, 3.63) is 54.1 Å². The van der Waals surface area contributed by atoms with Crippen LogP contribution >= 0.6 is 0 Å². The number of hydrogen-bond donors (Lipinski definition) is 1. The topological polar surface area (TPSA) is 64.1 Å². The molecule has 0 saturated heterocycles. The first-order chi connectivity index (χ1) is 8.81. The molecule has 1 aromatic carbocycles. The fraction of sp³-hybridized carbons (Fsp3) is 0.154. The molecule has 0 fully saturated rings. The van der Waals surface area contributed by atoms with Gasteiger partial charge in [0.05, 0.1) is 12.7 Å². The van der Waals surface area contributed by atoms with Crippen LogP contribution < -0.4 is 10.1 Å². The maximum atomic E-state index is 11.8. The molecular formula is C13H13N3O2. The molecule has 5 heteroatoms. The molecule has 92 valence electrons. The standard InChI is InChI=1S/C13H13N3O2/c1-18-12-5-3-2-4-10(12)8-16-13(17)11-6-14-9-15-7-11/h2-7,9H,8H2,1H3,(H,16,17). The quantitative estimate of drug-likeness (QED) is 0.882. The summed E-state index contributed by atoms with van der Waals surface area (Å²) in [4.78, 5) is 19.4. The van der Waals surface area contributed by atoms with Crippen LogP contribution in [0.3, 0.4) is 0 Å². The van der Waals surface area contributed by atoms with E-state index in [4.69, 9.17) is 4.74 Å². The molecule has 1 aromatic heterocycles. The molecule has 1 amide bonds. The molecule has 1 heterocycles. The predicted molar refractivity (Wildman–Crippen MR) is 66.2 cm³/mol. The van der Waals surface area contributed by atoms with Crippen molar-refractivity contribution in [3.8, 4) is 5.75 Å². The Kier molecular flexibility index (Phi) is 3.86. The second-order valence-corrected chi connectivity index (χ2v) is 3.62. The molecule has 18 heavy (non-hydrogen) atoms. The molecule has 0 saturated carbocycles. The highest BCUT2D eigenvalue weighted by Crippen LogP contribution is 2.16. The monoisotopic (exact) mass is 243 g/mol. The lowest BCUT2D eigenvalue weighted by Crippen LogP contribution is -2.23. The maximum Gasteiger partial charge on any atom is 0.254 e. The van der Waals surface area contributed by atoms with Gasteiger partial charge in [-0.3, -0.25) is 4.79 Å². The molecular weight excluding hydrogens is 230 g/mol. The predicted octanol–water partition coefficient (Wildman–Crippen LogP) is 1.42. The Morgan fingerprint density at radius 3 is 2.72 bits per heavy atom. The summed E-state index contributed by atoms with van der Waals surface area (Å²) in [5.74, 6) is 0.545. The summed E-state index contributed by atoms with van der Waals surface area (Å²) in [7, 11) is 1.60. The molecule has 1 N–H and O–H groups in total. The molecule has 0 bridgehead atoms. The van der Waals surface area contributed by atoms with E-state index in [9.17, 15) is 4.79 Å². The minimum absolute atomic E-state index is 0.207. The van der Waals surface area contributed by atoms with Gasteiger partial charge in [-0.2, -0.15) is 0 Å². The highest BCUT2D eigenvalue weighted by Gasteiger charge is 2.07. The molecule has 0 atom stereocenters. The molecule has 5 nitrogen and oxygen atoms in total. The van der Waals surface area contributed by atoms with Crippen molar-refractivity contribution in [2.45, 2.75) is 6.54 Å². The second kappa shape index (κ2) is 5.77. The van der Waals surface area contributed by atoms with E-state index in [1.54, 1.807) is 7.11 Å². The molecule has 0 aliphatic rings. The van der Waals surface area contributed by atoms with Crippen LogP contribution in [0.15, 0.2) is 43.0 Å². The van der Waals surface area contributed by atoms with E-state index in [0.717, 1.165) is 11.3 Å². The number of carbonyl (C=O) groups excluding carboxylic acids is 1. The number of rotatable bonds is 4. The SMILES string of the molecule is COc1ccccc1CNC(=O)c1cncnc1. The van der Waals surface area contributed by atoms with Crippen LogP contribution in [0.25, 0.3) is 0 Å². The van der Waals surface area contributed by atoms with E-state index in [0.29, 0.717) is 12.1 Å². The number of nitrogens with zero attached hydrogens (tertiary/aromatic N) is 2. The average Bonchev–Trinajstić information content (AvgIpc) is 2.46. The van der Waals surface area contributed by atoms with Crippen LogP contribution in [-0.4, -0.2) is 23.0 Å². The Labute approximate surface area is 105 Å². The lowest BCUT2D eigenvalue weighted by Gasteiger charge is -2.09. The molecule has 0 unspecified atom stereocenters. The molecule has 2 aromatic rings. The Balaban J connectivity index is 2.02. The minimum Gasteiger partial charge on any atom is -0.496 e. The second-order valence-electron chi connectivity index (χ2n) is 3.62. The summed E-state index contributed by atoms with van der Waals surface area (Å²) in [5, 5.41) is 2.79. The van der Waals surface area contributed by atoms with Crippen molar-refractivity contribution >= 4 is 5.91 Å². The number of benzene rings is 1. The van der Waals surface area contributed by atoms with Gasteiger partial charge in [0.2, 0.25) is 0 Å². The summed E-state index contributed by atoms with van der Waals surface area (Å²) in [6.45, 7) is 0.401. The van der Waals surface area contributed by atoms with Gasteiger partial charge in [-0.1, -0.05) is 18.2 Å². The minimum atomic E-state index is -0.207. The smallest absolute Gasteiger partial charge is 0.254 e. The zero-order valence-corrected chi connectivity index (χ0v) is 9.96. The number of hydrogen-bond acceptors (Lipinski definition) is 4. The van der Waals surface area contributed by atoms with Gasteiger partial charge in [-0.25, -0.2) is 9.97 Å². The summed E-state index contributed by atoms with van der Waals surface area (Å²) >= 11 is 0. The van der Waals surface area contributed by atoms with Crippen molar-refractivity contribution in [1.82, 2.24) is 15.3 Å². The Morgan fingerprint density at radius 1 is 1.28 bits per heavy atom. The number of aromatic nitrogens is 2. The summed E-state index contributed by atoms with van der Waals surface area (Å²) < 4.78 is 5.21. The Morgan fingerprint density at radius 2 is 2.00 bits per heavy atom. The number of methoxy groups -OCH3 is 1. The van der Waals surface area contributed by atoms with Crippen molar-refractivity contribution in [3.63, 3.8) is 0 Å². The number of amides is 1. The van der Waals surface area contributed by atoms with Gasteiger partial charge in [0.25, 0.3) is 5.91 Å². The maximum absolute atomic E-state index is 11.8. The lowest BCUT2D eigenvalue weighted by molar-refractivity contribution is 0.0950. The summed E-state index contributed by atoms with van der Waals surface area (Å²) in [5.41, 5.74) is 1.36. The first-order valence-corrected chi connectivity index (χ1v) is 5.46. The third kappa shape index (κ3) is 2.82. The van der Waals surface area contributed by atoms with Crippen molar-refractivity contribution in [2.75, 3.05) is 7.11 Å². The van der Waals surface area contributed by atoms with Crippen molar-refractivity contribution in [2.24, 2.45) is 0 Å². The zero-order chi connectivity index (χ0) is 12.8. The third-order valence-electron chi connectivity index (χ3n) is 2.45. The molecule has 2 rings (SSSR count). The first kappa shape index (κ1) is 12.0. The van der Waals surface area contributed by atoms with E-state index < -0.39 is 0 Å². The number of carbonyl (C=O) groups is 1. The number of nitrogens with one attached hydrogen (secondary N) is 1. The lowest BCUT2D eigenvalue weighted by atomic mass is 10.2. The van der Waals surface area contributed by atoms with Crippen LogP contribution in [0.2, 0.25) is 0 Å². The van der Waals surface area contributed by atoms with Gasteiger partial charge in [-0.05, 0) is 6.07 Å². The highest BCUT2D eigenvalue weighted by atomic mass is 16.5. The van der Waals surface area contributed by atoms with Gasteiger partial charge in [-0.15, -0.1) is 0 Å². The van der Waals surface area contributed by atoms with Gasteiger partial charge in [0, 0.05) is 24.5 Å².